The zero-order valence-electron chi connectivity index (χ0n) is 14.1. The van der Waals surface area contributed by atoms with Crippen LogP contribution in [0.3, 0.4) is 0 Å². The van der Waals surface area contributed by atoms with E-state index in [4.69, 9.17) is 18.0 Å². The number of primary amides is 1. The van der Waals surface area contributed by atoms with Crippen LogP contribution >= 0.6 is 12.2 Å². The summed E-state index contributed by atoms with van der Waals surface area (Å²) in [4.78, 5) is 38.8. The predicted molar refractivity (Wildman–Crippen MR) is 103 cm³/mol. The molecular weight excluding hydrogens is 368 g/mol. The van der Waals surface area contributed by atoms with Gasteiger partial charge in [-0.25, -0.2) is 0 Å². The van der Waals surface area contributed by atoms with Crippen molar-refractivity contribution in [1.82, 2.24) is 19.3 Å². The Bertz CT molecular complexity index is 1170. The normalized spacial score (nSPS) is 10.7. The number of anilines is 1. The van der Waals surface area contributed by atoms with E-state index in [9.17, 15) is 14.4 Å². The fourth-order valence-electron chi connectivity index (χ4n) is 2.57. The molecule has 138 valence electrons. The van der Waals surface area contributed by atoms with Gasteiger partial charge < -0.3 is 16.0 Å². The lowest BCUT2D eigenvalue weighted by atomic mass is 10.1. The van der Waals surface area contributed by atoms with Gasteiger partial charge in [0.05, 0.1) is 22.8 Å². The number of hydrogen-bond acceptors (Lipinski definition) is 5. The molecule has 0 aliphatic rings. The molecule has 2 heterocycles. The van der Waals surface area contributed by atoms with Gasteiger partial charge in [-0.2, -0.15) is 5.10 Å². The maximum absolute atomic E-state index is 12.5. The standard InChI is InChI=1S/C17H16N6O3S/c1-2-5-23-16(26)12-4-3-10(6-13(12)21-17(23)27)15(25)20-11-7-19-22(8-11)9-14(18)24/h2-4,6-8H,1,5,9H2,(H2,18,24)(H,20,25)(H,21,27). The van der Waals surface area contributed by atoms with Gasteiger partial charge in [0.15, 0.2) is 4.77 Å². The quantitative estimate of drug-likeness (QED) is 0.434. The van der Waals surface area contributed by atoms with Crippen molar-refractivity contribution in [3.63, 3.8) is 0 Å². The molecule has 0 spiro atoms. The zero-order valence-corrected chi connectivity index (χ0v) is 15.0. The third-order valence-electron chi connectivity index (χ3n) is 3.76. The molecule has 2 amide bonds. The molecule has 0 aliphatic carbocycles. The highest BCUT2D eigenvalue weighted by atomic mass is 32.1. The van der Waals surface area contributed by atoms with Gasteiger partial charge in [0.1, 0.15) is 6.54 Å². The highest BCUT2D eigenvalue weighted by molar-refractivity contribution is 7.71. The minimum Gasteiger partial charge on any atom is -0.368 e. The molecule has 0 saturated heterocycles. The third kappa shape index (κ3) is 3.85. The van der Waals surface area contributed by atoms with E-state index in [1.807, 2.05) is 0 Å². The summed E-state index contributed by atoms with van der Waals surface area (Å²) in [6.45, 7) is 3.82. The van der Waals surface area contributed by atoms with Crippen LogP contribution in [0.15, 0.2) is 48.0 Å². The molecule has 27 heavy (non-hydrogen) atoms. The van der Waals surface area contributed by atoms with Gasteiger partial charge >= 0.3 is 0 Å². The second-order valence-electron chi connectivity index (χ2n) is 5.74. The van der Waals surface area contributed by atoms with Crippen LogP contribution in [0.1, 0.15) is 10.4 Å². The number of hydrogen-bond donors (Lipinski definition) is 3. The predicted octanol–water partition coefficient (Wildman–Crippen LogP) is 1.18. The Hall–Kier alpha value is -3.53. The number of carbonyl (C=O) groups excluding carboxylic acids is 2. The SMILES string of the molecule is C=CCn1c(=S)[nH]c2cc(C(=O)Nc3cnn(CC(N)=O)c3)ccc2c1=O. The first-order valence-corrected chi connectivity index (χ1v) is 8.29. The van der Waals surface area contributed by atoms with E-state index in [1.54, 1.807) is 24.3 Å². The summed E-state index contributed by atoms with van der Waals surface area (Å²) in [5.41, 5.74) is 6.05. The molecule has 10 heteroatoms. The Morgan fingerprint density at radius 1 is 1.41 bits per heavy atom. The molecule has 9 nitrogen and oxygen atoms in total. The number of carbonyl (C=O) groups is 2. The van der Waals surface area contributed by atoms with Gasteiger partial charge in [-0.1, -0.05) is 6.08 Å². The molecule has 0 atom stereocenters. The molecule has 3 rings (SSSR count). The van der Waals surface area contributed by atoms with Crippen LogP contribution in [0.2, 0.25) is 0 Å². The maximum Gasteiger partial charge on any atom is 0.262 e. The number of fused-ring (bicyclic) bond motifs is 1. The first-order chi connectivity index (χ1) is 12.9. The van der Waals surface area contributed by atoms with Crippen LogP contribution in [0, 0.1) is 4.77 Å². The molecule has 3 aromatic rings. The summed E-state index contributed by atoms with van der Waals surface area (Å²) >= 11 is 5.19. The molecule has 4 N–H and O–H groups in total. The van der Waals surface area contributed by atoms with Gasteiger partial charge in [0.25, 0.3) is 11.5 Å². The molecule has 0 bridgehead atoms. The van der Waals surface area contributed by atoms with E-state index < -0.39 is 11.8 Å². The van der Waals surface area contributed by atoms with Crippen LogP contribution < -0.4 is 16.6 Å². The molecular formula is C17H16N6O3S. The van der Waals surface area contributed by atoms with Crippen molar-refractivity contribution >= 4 is 40.6 Å². The number of aromatic amines is 1. The lowest BCUT2D eigenvalue weighted by Gasteiger charge is -2.07. The van der Waals surface area contributed by atoms with Crippen molar-refractivity contribution < 1.29 is 9.59 Å². The first kappa shape index (κ1) is 18.3. The average Bonchev–Trinajstić information content (AvgIpc) is 3.04. The second-order valence-corrected chi connectivity index (χ2v) is 6.13. The molecule has 0 radical (unpaired) electrons. The number of nitrogens with one attached hydrogen (secondary N) is 2. The fourth-order valence-corrected chi connectivity index (χ4v) is 2.84. The van der Waals surface area contributed by atoms with Gasteiger partial charge in [-0.3, -0.25) is 23.6 Å². The molecule has 0 unspecified atom stereocenters. The Morgan fingerprint density at radius 3 is 2.89 bits per heavy atom. The average molecular weight is 384 g/mol. The number of nitrogens with two attached hydrogens (primary N) is 1. The summed E-state index contributed by atoms with van der Waals surface area (Å²) in [6.07, 6.45) is 4.48. The summed E-state index contributed by atoms with van der Waals surface area (Å²) in [5.74, 6) is -0.937. The summed E-state index contributed by atoms with van der Waals surface area (Å²) in [6, 6.07) is 4.66. The molecule has 0 aliphatic heterocycles. The minimum absolute atomic E-state index is 0.0839. The Kier molecular flexibility index (Phi) is 4.99. The van der Waals surface area contributed by atoms with Gasteiger partial charge in [0, 0.05) is 18.3 Å². The zero-order chi connectivity index (χ0) is 19.6. The van der Waals surface area contributed by atoms with Crippen molar-refractivity contribution in [3.05, 3.63) is 63.9 Å². The van der Waals surface area contributed by atoms with Crippen LogP contribution in [-0.4, -0.2) is 31.1 Å². The maximum atomic E-state index is 12.5. The number of benzene rings is 1. The van der Waals surface area contributed by atoms with Gasteiger partial charge in [-0.05, 0) is 30.4 Å². The molecule has 1 aromatic carbocycles. The van der Waals surface area contributed by atoms with Gasteiger partial charge in [0.2, 0.25) is 5.91 Å². The van der Waals surface area contributed by atoms with Crippen molar-refractivity contribution in [1.29, 1.82) is 0 Å². The number of amides is 2. The number of H-pyrrole nitrogens is 1. The number of rotatable bonds is 6. The van der Waals surface area contributed by atoms with Crippen LogP contribution in [0.5, 0.6) is 0 Å². The lowest BCUT2D eigenvalue weighted by molar-refractivity contribution is -0.118. The highest BCUT2D eigenvalue weighted by Crippen LogP contribution is 2.13. The topological polar surface area (TPSA) is 128 Å². The van der Waals surface area contributed by atoms with Gasteiger partial charge in [-0.15, -0.1) is 6.58 Å². The Balaban J connectivity index is 1.89. The second kappa shape index (κ2) is 7.38. The van der Waals surface area contributed by atoms with Crippen LogP contribution in [0.4, 0.5) is 5.69 Å². The number of aromatic nitrogens is 4. The van der Waals surface area contributed by atoms with Crippen molar-refractivity contribution in [3.8, 4) is 0 Å². The molecule has 2 aromatic heterocycles. The van der Waals surface area contributed by atoms with Crippen LogP contribution in [-0.2, 0) is 17.9 Å². The van der Waals surface area contributed by atoms with E-state index in [0.29, 0.717) is 28.7 Å². The van der Waals surface area contributed by atoms with Crippen molar-refractivity contribution in [2.75, 3.05) is 5.32 Å². The Morgan fingerprint density at radius 2 is 2.19 bits per heavy atom. The van der Waals surface area contributed by atoms with Crippen molar-refractivity contribution in [2.45, 2.75) is 13.1 Å². The number of allylic oxidation sites excluding steroid dienone is 1. The van der Waals surface area contributed by atoms with Crippen molar-refractivity contribution in [2.24, 2.45) is 5.73 Å². The minimum atomic E-state index is -0.539. The summed E-state index contributed by atoms with van der Waals surface area (Å²) < 4.78 is 2.95. The van der Waals surface area contributed by atoms with E-state index in [1.165, 1.54) is 21.6 Å². The third-order valence-corrected chi connectivity index (χ3v) is 4.09. The van der Waals surface area contributed by atoms with E-state index >= 15 is 0 Å². The smallest absolute Gasteiger partial charge is 0.262 e. The van der Waals surface area contributed by atoms with E-state index in [0.717, 1.165) is 0 Å². The van der Waals surface area contributed by atoms with E-state index in [2.05, 4.69) is 22.0 Å². The lowest BCUT2D eigenvalue weighted by Crippen LogP contribution is -2.22. The first-order valence-electron chi connectivity index (χ1n) is 7.89. The molecule has 0 saturated carbocycles. The monoisotopic (exact) mass is 384 g/mol. The summed E-state index contributed by atoms with van der Waals surface area (Å²) in [7, 11) is 0. The largest absolute Gasteiger partial charge is 0.368 e. The fraction of sp³-hybridized carbons (Fsp3) is 0.118. The highest BCUT2D eigenvalue weighted by Gasteiger charge is 2.11. The number of nitrogens with zero attached hydrogens (tertiary/aromatic N) is 3. The summed E-state index contributed by atoms with van der Waals surface area (Å²) in [5, 5.41) is 7.01. The van der Waals surface area contributed by atoms with E-state index in [-0.39, 0.29) is 16.9 Å². The molecule has 0 fully saturated rings. The Labute approximate surface area is 158 Å². The van der Waals surface area contributed by atoms with Crippen LogP contribution in [0.25, 0.3) is 10.9 Å².